The van der Waals surface area contributed by atoms with Crippen molar-refractivity contribution in [2.75, 3.05) is 0 Å². The van der Waals surface area contributed by atoms with Gasteiger partial charge in [-0.05, 0) is 12.1 Å². The topological polar surface area (TPSA) is 101 Å². The minimum absolute atomic E-state index is 0.300. The molecule has 0 fully saturated rings. The van der Waals surface area contributed by atoms with Gasteiger partial charge in [0, 0.05) is 23.9 Å². The van der Waals surface area contributed by atoms with E-state index in [0.717, 1.165) is 5.69 Å². The van der Waals surface area contributed by atoms with E-state index in [4.69, 9.17) is 5.73 Å². The zero-order valence-electron chi connectivity index (χ0n) is 10.2. The van der Waals surface area contributed by atoms with Gasteiger partial charge in [-0.25, -0.2) is 4.98 Å². The summed E-state index contributed by atoms with van der Waals surface area (Å²) in [6.07, 6.45) is 3.40. The molecule has 0 spiro atoms. The summed E-state index contributed by atoms with van der Waals surface area (Å²) in [6.45, 7) is 0. The smallest absolute Gasteiger partial charge is 0.257 e. The molecule has 1 heterocycles. The van der Waals surface area contributed by atoms with E-state index in [0.29, 0.717) is 12.0 Å². The summed E-state index contributed by atoms with van der Waals surface area (Å²) in [6, 6.07) is 7.70. The molecule has 19 heavy (non-hydrogen) atoms. The van der Waals surface area contributed by atoms with E-state index in [1.165, 1.54) is 6.33 Å². The second-order valence-corrected chi connectivity index (χ2v) is 4.07. The van der Waals surface area contributed by atoms with Gasteiger partial charge in [-0.15, -0.1) is 0 Å². The highest BCUT2D eigenvalue weighted by molar-refractivity contribution is 6.06. The number of hydrogen-bond acceptors (Lipinski definition) is 4. The highest BCUT2D eigenvalue weighted by Crippen LogP contribution is 2.00. The molecule has 1 aromatic carbocycles. The zero-order valence-corrected chi connectivity index (χ0v) is 10.2. The maximum Gasteiger partial charge on any atom is 0.257 e. The van der Waals surface area contributed by atoms with Crippen LogP contribution in [0.4, 0.5) is 0 Å². The molecule has 2 aromatic rings. The van der Waals surface area contributed by atoms with Gasteiger partial charge in [-0.1, -0.05) is 18.2 Å². The molecule has 0 unspecified atom stereocenters. The number of aromatic amines is 1. The standard InChI is InChI=1S/C13H14N4O2/c14-11(6-10-7-15-8-16-10)13(19)17-12(18)9-4-2-1-3-5-9/h1-5,7-8,11H,6,14H2,(H,15,16)(H,17,18,19)/t11-/m0/s1. The average molecular weight is 258 g/mol. The Bertz CT molecular complexity index is 551. The molecule has 0 saturated carbocycles. The Morgan fingerprint density at radius 1 is 1.32 bits per heavy atom. The third-order valence-electron chi connectivity index (χ3n) is 2.60. The van der Waals surface area contributed by atoms with Crippen molar-refractivity contribution in [3.63, 3.8) is 0 Å². The minimum Gasteiger partial charge on any atom is -0.348 e. The number of nitrogens with zero attached hydrogens (tertiary/aromatic N) is 1. The summed E-state index contributed by atoms with van der Waals surface area (Å²) in [5.74, 6) is -0.964. The SMILES string of the molecule is N[C@@H](Cc1cnc[nH]1)C(=O)NC(=O)c1ccccc1. The van der Waals surface area contributed by atoms with Gasteiger partial charge < -0.3 is 10.7 Å². The number of imide groups is 1. The van der Waals surface area contributed by atoms with E-state index in [1.807, 2.05) is 0 Å². The third-order valence-corrected chi connectivity index (χ3v) is 2.60. The lowest BCUT2D eigenvalue weighted by Crippen LogP contribution is -2.44. The molecule has 0 aliphatic rings. The van der Waals surface area contributed by atoms with Crippen LogP contribution in [0.1, 0.15) is 16.1 Å². The minimum atomic E-state index is -0.798. The van der Waals surface area contributed by atoms with Crippen molar-refractivity contribution < 1.29 is 9.59 Å². The molecular weight excluding hydrogens is 244 g/mol. The largest absolute Gasteiger partial charge is 0.348 e. The number of hydrogen-bond donors (Lipinski definition) is 3. The van der Waals surface area contributed by atoms with Crippen LogP contribution < -0.4 is 11.1 Å². The molecule has 0 bridgehead atoms. The maximum atomic E-state index is 11.8. The van der Waals surface area contributed by atoms with Crippen molar-refractivity contribution in [3.8, 4) is 0 Å². The van der Waals surface area contributed by atoms with Crippen molar-refractivity contribution in [1.82, 2.24) is 15.3 Å². The molecule has 0 radical (unpaired) electrons. The molecule has 1 aromatic heterocycles. The first-order valence-corrected chi connectivity index (χ1v) is 5.80. The highest BCUT2D eigenvalue weighted by Gasteiger charge is 2.18. The van der Waals surface area contributed by atoms with Crippen LogP contribution in [0.5, 0.6) is 0 Å². The quantitative estimate of drug-likeness (QED) is 0.731. The predicted octanol–water partition coefficient (Wildman–Crippen LogP) is 0.236. The number of H-pyrrole nitrogens is 1. The molecule has 98 valence electrons. The number of benzene rings is 1. The number of nitrogens with two attached hydrogens (primary N) is 1. The van der Waals surface area contributed by atoms with Crippen LogP contribution in [-0.4, -0.2) is 27.8 Å². The number of carbonyl (C=O) groups excluding carboxylic acids is 2. The molecule has 2 rings (SSSR count). The number of amides is 2. The van der Waals surface area contributed by atoms with Crippen LogP contribution in [0.25, 0.3) is 0 Å². The lowest BCUT2D eigenvalue weighted by molar-refractivity contribution is -0.121. The zero-order chi connectivity index (χ0) is 13.7. The van der Waals surface area contributed by atoms with Crippen molar-refractivity contribution >= 4 is 11.8 Å². The highest BCUT2D eigenvalue weighted by atomic mass is 16.2. The van der Waals surface area contributed by atoms with E-state index in [2.05, 4.69) is 15.3 Å². The van der Waals surface area contributed by atoms with Gasteiger partial charge in [0.05, 0.1) is 12.4 Å². The van der Waals surface area contributed by atoms with E-state index >= 15 is 0 Å². The number of imidazole rings is 1. The first-order valence-electron chi connectivity index (χ1n) is 5.80. The Kier molecular flexibility index (Phi) is 4.04. The Morgan fingerprint density at radius 3 is 2.68 bits per heavy atom. The maximum absolute atomic E-state index is 11.8. The van der Waals surface area contributed by atoms with Gasteiger partial charge >= 0.3 is 0 Å². The number of nitrogens with one attached hydrogen (secondary N) is 2. The van der Waals surface area contributed by atoms with Crippen molar-refractivity contribution in [2.45, 2.75) is 12.5 Å². The van der Waals surface area contributed by atoms with E-state index in [-0.39, 0.29) is 0 Å². The van der Waals surface area contributed by atoms with Gasteiger partial charge in [0.2, 0.25) is 5.91 Å². The van der Waals surface area contributed by atoms with Crippen molar-refractivity contribution in [1.29, 1.82) is 0 Å². The van der Waals surface area contributed by atoms with Gasteiger partial charge in [0.15, 0.2) is 0 Å². The number of carbonyl (C=O) groups is 2. The van der Waals surface area contributed by atoms with E-state index in [9.17, 15) is 9.59 Å². The summed E-state index contributed by atoms with van der Waals surface area (Å²) in [5.41, 5.74) is 6.89. The molecule has 0 saturated heterocycles. The van der Waals surface area contributed by atoms with E-state index < -0.39 is 17.9 Å². The summed E-state index contributed by atoms with van der Waals surface area (Å²) < 4.78 is 0. The normalized spacial score (nSPS) is 11.8. The van der Waals surface area contributed by atoms with Crippen LogP contribution in [0, 0.1) is 0 Å². The average Bonchev–Trinajstić information content (AvgIpc) is 2.92. The van der Waals surface area contributed by atoms with Crippen LogP contribution >= 0.6 is 0 Å². The molecule has 6 heteroatoms. The van der Waals surface area contributed by atoms with Gasteiger partial charge in [0.25, 0.3) is 5.91 Å². The van der Waals surface area contributed by atoms with Gasteiger partial charge in [-0.2, -0.15) is 0 Å². The first-order chi connectivity index (χ1) is 9.16. The van der Waals surface area contributed by atoms with Crippen LogP contribution in [-0.2, 0) is 11.2 Å². The van der Waals surface area contributed by atoms with E-state index in [1.54, 1.807) is 36.5 Å². The Balaban J connectivity index is 1.92. The van der Waals surface area contributed by atoms with Crippen LogP contribution in [0.2, 0.25) is 0 Å². The van der Waals surface area contributed by atoms with Gasteiger partial charge in [0.1, 0.15) is 0 Å². The number of aromatic nitrogens is 2. The summed E-state index contributed by atoms with van der Waals surface area (Å²) >= 11 is 0. The fraction of sp³-hybridized carbons (Fsp3) is 0.154. The summed E-state index contributed by atoms with van der Waals surface area (Å²) in [7, 11) is 0. The predicted molar refractivity (Wildman–Crippen MR) is 69.2 cm³/mol. The second-order valence-electron chi connectivity index (χ2n) is 4.07. The molecule has 2 amide bonds. The van der Waals surface area contributed by atoms with Crippen molar-refractivity contribution in [3.05, 3.63) is 54.1 Å². The summed E-state index contributed by atoms with van der Waals surface area (Å²) in [5, 5.41) is 2.27. The molecular formula is C13H14N4O2. The van der Waals surface area contributed by atoms with Crippen LogP contribution in [0.15, 0.2) is 42.9 Å². The Hall–Kier alpha value is -2.47. The van der Waals surface area contributed by atoms with Gasteiger partial charge in [-0.3, -0.25) is 14.9 Å². The second kappa shape index (κ2) is 5.92. The molecule has 4 N–H and O–H groups in total. The fourth-order valence-corrected chi connectivity index (χ4v) is 1.59. The molecule has 0 aliphatic heterocycles. The molecule has 6 nitrogen and oxygen atoms in total. The molecule has 0 aliphatic carbocycles. The Labute approximate surface area is 110 Å². The lowest BCUT2D eigenvalue weighted by atomic mass is 10.1. The monoisotopic (exact) mass is 258 g/mol. The Morgan fingerprint density at radius 2 is 2.05 bits per heavy atom. The number of rotatable bonds is 4. The first kappa shape index (κ1) is 13.0. The van der Waals surface area contributed by atoms with Crippen molar-refractivity contribution in [2.24, 2.45) is 5.73 Å². The fourth-order valence-electron chi connectivity index (χ4n) is 1.59. The summed E-state index contributed by atoms with van der Waals surface area (Å²) in [4.78, 5) is 30.2. The lowest BCUT2D eigenvalue weighted by Gasteiger charge is -2.10. The molecule has 1 atom stereocenters. The van der Waals surface area contributed by atoms with Crippen LogP contribution in [0.3, 0.4) is 0 Å². The third kappa shape index (κ3) is 3.49.